The lowest BCUT2D eigenvalue weighted by Gasteiger charge is -2.20. The monoisotopic (exact) mass is 547 g/mol. The lowest BCUT2D eigenvalue weighted by Crippen LogP contribution is -2.34. The molecule has 3 saturated heterocycles. The molecule has 1 amide bonds. The molecule has 3 aromatic rings. The molecule has 4 atom stereocenters. The van der Waals surface area contributed by atoms with Crippen molar-refractivity contribution < 1.29 is 37.4 Å². The summed E-state index contributed by atoms with van der Waals surface area (Å²) in [5, 5.41) is 17.4. The minimum atomic E-state index is -2.68. The van der Waals surface area contributed by atoms with E-state index < -0.39 is 45.9 Å². The van der Waals surface area contributed by atoms with Gasteiger partial charge in [-0.05, 0) is 24.6 Å². The van der Waals surface area contributed by atoms with Crippen molar-refractivity contribution in [2.45, 2.75) is 31.3 Å². The van der Waals surface area contributed by atoms with Gasteiger partial charge in [0.05, 0.1) is 58.9 Å². The van der Waals surface area contributed by atoms with Crippen LogP contribution in [0.5, 0.6) is 5.75 Å². The van der Waals surface area contributed by atoms with E-state index in [-0.39, 0.29) is 36.0 Å². The number of aliphatic hydroxyl groups is 1. The van der Waals surface area contributed by atoms with E-state index in [0.717, 1.165) is 0 Å². The topological polar surface area (TPSA) is 146 Å². The zero-order valence-corrected chi connectivity index (χ0v) is 21.2. The number of aliphatic hydroxyl groups excluding tert-OH is 1. The summed E-state index contributed by atoms with van der Waals surface area (Å²) >= 11 is 0. The van der Waals surface area contributed by atoms with E-state index in [1.807, 2.05) is 0 Å². The standard InChI is InChI=1S/C24H26FN5O7S/c1-13-15(24(32)29-38(33)6-4-34-5-7-38)9-30-20(13)23(26-12-27-30)28-16-3-2-14(25)8-18(16)37-19-11-36-21-17(31)10-35-22(19)21/h2-3,8-9,12,17,19,21-22,31H,4-7,10-11H2,1H3,(H,26,27,28)/t17-,19-,21-,22-/m1/s1. The Morgan fingerprint density at radius 2 is 2.05 bits per heavy atom. The first-order chi connectivity index (χ1) is 18.3. The predicted molar refractivity (Wildman–Crippen MR) is 133 cm³/mol. The van der Waals surface area contributed by atoms with E-state index in [2.05, 4.69) is 19.8 Å². The van der Waals surface area contributed by atoms with Crippen LogP contribution in [0.3, 0.4) is 0 Å². The van der Waals surface area contributed by atoms with Gasteiger partial charge in [-0.15, -0.1) is 0 Å². The number of aryl methyl sites for hydroxylation is 1. The molecule has 0 bridgehead atoms. The van der Waals surface area contributed by atoms with Gasteiger partial charge >= 0.3 is 0 Å². The second-order valence-electron chi connectivity index (χ2n) is 9.34. The molecule has 0 radical (unpaired) electrons. The van der Waals surface area contributed by atoms with Gasteiger partial charge in [-0.2, -0.15) is 9.46 Å². The van der Waals surface area contributed by atoms with Crippen LogP contribution in [0.15, 0.2) is 35.1 Å². The van der Waals surface area contributed by atoms with Crippen LogP contribution in [-0.2, 0) is 23.9 Å². The molecule has 2 N–H and O–H groups in total. The van der Waals surface area contributed by atoms with Crippen LogP contribution >= 0.6 is 0 Å². The van der Waals surface area contributed by atoms with Crippen molar-refractivity contribution in [3.05, 3.63) is 47.7 Å². The van der Waals surface area contributed by atoms with Crippen molar-refractivity contribution in [1.82, 2.24) is 14.6 Å². The third kappa shape index (κ3) is 4.62. The Balaban J connectivity index is 1.31. The molecular weight excluding hydrogens is 521 g/mol. The smallest absolute Gasteiger partial charge is 0.287 e. The number of nitrogens with zero attached hydrogens (tertiary/aromatic N) is 4. The van der Waals surface area contributed by atoms with Crippen molar-refractivity contribution in [2.24, 2.45) is 4.36 Å². The number of benzene rings is 1. The van der Waals surface area contributed by atoms with Gasteiger partial charge in [0.25, 0.3) is 5.91 Å². The van der Waals surface area contributed by atoms with Crippen molar-refractivity contribution in [1.29, 1.82) is 0 Å². The summed E-state index contributed by atoms with van der Waals surface area (Å²) in [5.41, 5.74) is 1.71. The van der Waals surface area contributed by atoms with E-state index in [1.165, 1.54) is 35.2 Å². The van der Waals surface area contributed by atoms with Crippen molar-refractivity contribution in [2.75, 3.05) is 43.3 Å². The maximum Gasteiger partial charge on any atom is 0.287 e. The van der Waals surface area contributed by atoms with Crippen LogP contribution in [-0.4, -0.2) is 92.2 Å². The fraction of sp³-hybridized carbons (Fsp3) is 0.458. The zero-order valence-electron chi connectivity index (χ0n) is 20.4. The minimum absolute atomic E-state index is 0.145. The van der Waals surface area contributed by atoms with Gasteiger partial charge in [0.15, 0.2) is 11.9 Å². The highest BCUT2D eigenvalue weighted by atomic mass is 32.2. The number of hydrogen-bond donors (Lipinski definition) is 2. The number of carbonyl (C=O) groups is 1. The minimum Gasteiger partial charge on any atom is -0.483 e. The molecule has 0 unspecified atom stereocenters. The number of hydrogen-bond acceptors (Lipinski definition) is 10. The second-order valence-corrected chi connectivity index (χ2v) is 11.9. The molecule has 3 aliphatic heterocycles. The van der Waals surface area contributed by atoms with Gasteiger partial charge in [0.1, 0.15) is 41.7 Å². The predicted octanol–water partition coefficient (Wildman–Crippen LogP) is 1.46. The molecule has 202 valence electrons. The molecule has 14 heteroatoms. The van der Waals surface area contributed by atoms with Gasteiger partial charge < -0.3 is 29.4 Å². The lowest BCUT2D eigenvalue weighted by atomic mass is 10.1. The van der Waals surface area contributed by atoms with E-state index in [1.54, 1.807) is 6.92 Å². The molecular formula is C24H26FN5O7S. The van der Waals surface area contributed by atoms with Crippen LogP contribution in [0.2, 0.25) is 0 Å². The molecule has 3 aliphatic rings. The Bertz CT molecular complexity index is 1510. The average Bonchev–Trinajstić information content (AvgIpc) is 3.57. The molecule has 2 aromatic heterocycles. The fourth-order valence-electron chi connectivity index (χ4n) is 4.87. The van der Waals surface area contributed by atoms with E-state index in [4.69, 9.17) is 18.9 Å². The van der Waals surface area contributed by atoms with Crippen LogP contribution in [0.1, 0.15) is 15.9 Å². The van der Waals surface area contributed by atoms with Gasteiger partial charge in [0.2, 0.25) is 0 Å². The first-order valence-electron chi connectivity index (χ1n) is 12.1. The number of fused-ring (bicyclic) bond motifs is 2. The molecule has 38 heavy (non-hydrogen) atoms. The number of anilines is 2. The number of ether oxygens (including phenoxy) is 4. The Labute approximate surface area is 217 Å². The van der Waals surface area contributed by atoms with Crippen molar-refractivity contribution >= 4 is 32.7 Å². The summed E-state index contributed by atoms with van der Waals surface area (Å²) < 4.78 is 55.2. The largest absolute Gasteiger partial charge is 0.483 e. The molecule has 6 rings (SSSR count). The lowest BCUT2D eigenvalue weighted by molar-refractivity contribution is 0.00871. The summed E-state index contributed by atoms with van der Waals surface area (Å²) in [7, 11) is -2.68. The maximum absolute atomic E-state index is 14.2. The normalized spacial score (nSPS) is 26.3. The number of rotatable bonds is 5. The van der Waals surface area contributed by atoms with Crippen molar-refractivity contribution in [3.63, 3.8) is 0 Å². The summed E-state index contributed by atoms with van der Waals surface area (Å²) in [5.74, 6) is -0.127. The van der Waals surface area contributed by atoms with E-state index in [9.17, 15) is 18.5 Å². The molecule has 5 heterocycles. The number of nitrogens with one attached hydrogen (secondary N) is 1. The van der Waals surface area contributed by atoms with E-state index >= 15 is 0 Å². The van der Waals surface area contributed by atoms with Crippen LogP contribution in [0.25, 0.3) is 5.52 Å². The Morgan fingerprint density at radius 3 is 2.87 bits per heavy atom. The number of carbonyl (C=O) groups excluding carboxylic acids is 1. The fourth-order valence-corrected chi connectivity index (χ4v) is 6.42. The van der Waals surface area contributed by atoms with Crippen LogP contribution in [0.4, 0.5) is 15.9 Å². The van der Waals surface area contributed by atoms with E-state index in [0.29, 0.717) is 35.8 Å². The first-order valence-corrected chi connectivity index (χ1v) is 14.0. The summed E-state index contributed by atoms with van der Waals surface area (Å²) in [6.07, 6.45) is 0.585. The molecule has 1 aromatic carbocycles. The Morgan fingerprint density at radius 1 is 1.26 bits per heavy atom. The third-order valence-electron chi connectivity index (χ3n) is 6.86. The molecule has 0 aliphatic carbocycles. The molecule has 0 spiro atoms. The zero-order chi connectivity index (χ0) is 26.4. The second kappa shape index (κ2) is 9.85. The van der Waals surface area contributed by atoms with Gasteiger partial charge in [-0.1, -0.05) is 0 Å². The van der Waals surface area contributed by atoms with Gasteiger partial charge in [-0.3, -0.25) is 4.79 Å². The molecule has 3 fully saturated rings. The first kappa shape index (κ1) is 25.1. The average molecular weight is 548 g/mol. The number of amides is 1. The van der Waals surface area contributed by atoms with Crippen molar-refractivity contribution in [3.8, 4) is 5.75 Å². The Hall–Kier alpha value is -3.17. The van der Waals surface area contributed by atoms with Crippen LogP contribution < -0.4 is 10.1 Å². The maximum atomic E-state index is 14.2. The van der Waals surface area contributed by atoms with Gasteiger partial charge in [-0.25, -0.2) is 18.1 Å². The number of halogens is 1. The van der Waals surface area contributed by atoms with Gasteiger partial charge in [0, 0.05) is 12.3 Å². The summed E-state index contributed by atoms with van der Waals surface area (Å²) in [4.78, 5) is 17.3. The highest BCUT2D eigenvalue weighted by Gasteiger charge is 2.48. The third-order valence-corrected chi connectivity index (χ3v) is 8.96. The van der Waals surface area contributed by atoms with Crippen LogP contribution in [0, 0.1) is 12.7 Å². The summed E-state index contributed by atoms with van der Waals surface area (Å²) in [6, 6.07) is 4.03. The summed E-state index contributed by atoms with van der Waals surface area (Å²) in [6.45, 7) is 2.66. The Kier molecular flexibility index (Phi) is 6.52. The molecule has 0 saturated carbocycles. The SMILES string of the molecule is Cc1c(C(=O)N=S2(=O)CCOCC2)cn2ncnc(Nc3ccc(F)cc3O[C@@H]3CO[C@H]4[C@@H]3OC[C@H]4O)c12. The highest BCUT2D eigenvalue weighted by Crippen LogP contribution is 2.35. The molecule has 12 nitrogen and oxygen atoms in total. The highest BCUT2D eigenvalue weighted by molar-refractivity contribution is 7.94. The quantitative estimate of drug-likeness (QED) is 0.481. The number of aromatic nitrogens is 3.